The van der Waals surface area contributed by atoms with Crippen LogP contribution in [0.5, 0.6) is 0 Å². The summed E-state index contributed by atoms with van der Waals surface area (Å²) >= 11 is 0. The Balaban J connectivity index is 2.24. The molecular formula is C11H14N2. The second-order valence-electron chi connectivity index (χ2n) is 3.73. The summed E-state index contributed by atoms with van der Waals surface area (Å²) in [6, 6.07) is 7.21. The van der Waals surface area contributed by atoms with Crippen molar-refractivity contribution in [2.75, 3.05) is 0 Å². The molecule has 0 radical (unpaired) electrons. The molecule has 0 aliphatic carbocycles. The average molecular weight is 174 g/mol. The van der Waals surface area contributed by atoms with E-state index in [1.165, 1.54) is 24.2 Å². The van der Waals surface area contributed by atoms with E-state index in [-0.39, 0.29) is 0 Å². The van der Waals surface area contributed by atoms with Gasteiger partial charge in [-0.3, -0.25) is 0 Å². The lowest BCUT2D eigenvalue weighted by molar-refractivity contribution is 0.559. The van der Waals surface area contributed by atoms with Crippen LogP contribution < -0.4 is 0 Å². The molecule has 1 atom stereocenters. The lowest BCUT2D eigenvalue weighted by Crippen LogP contribution is -2.03. The summed E-state index contributed by atoms with van der Waals surface area (Å²) < 4.78 is 2.40. The van der Waals surface area contributed by atoms with E-state index in [1.807, 2.05) is 0 Å². The zero-order chi connectivity index (χ0) is 9.26. The first kappa shape index (κ1) is 8.37. The molecule has 1 aliphatic heterocycles. The minimum atomic E-state index is 0.635. The highest BCUT2D eigenvalue weighted by atomic mass is 15.0. The Labute approximate surface area is 78.8 Å². The van der Waals surface area contributed by atoms with Crippen molar-refractivity contribution in [3.63, 3.8) is 0 Å². The van der Waals surface area contributed by atoms with Gasteiger partial charge in [0.15, 0.2) is 0 Å². The van der Waals surface area contributed by atoms with Crippen LogP contribution in [0.4, 0.5) is 0 Å². The summed E-state index contributed by atoms with van der Waals surface area (Å²) in [5.74, 6) is 0. The van der Waals surface area contributed by atoms with Crippen molar-refractivity contribution in [2.24, 2.45) is 0 Å². The number of hydrogen-bond acceptors (Lipinski definition) is 1. The summed E-state index contributed by atoms with van der Waals surface area (Å²) in [6.07, 6.45) is 4.00. The molecule has 0 N–H and O–H groups in total. The van der Waals surface area contributed by atoms with Crippen molar-refractivity contribution in [3.05, 3.63) is 23.5 Å². The quantitative estimate of drug-likeness (QED) is 0.677. The Morgan fingerprint density at radius 2 is 2.46 bits per heavy atom. The lowest BCUT2D eigenvalue weighted by atomic mass is 10.2. The van der Waals surface area contributed by atoms with Gasteiger partial charge >= 0.3 is 0 Å². The molecule has 2 heterocycles. The molecule has 0 saturated carbocycles. The minimum Gasteiger partial charge on any atom is -0.346 e. The molecule has 2 heteroatoms. The maximum absolute atomic E-state index is 8.52. The summed E-state index contributed by atoms with van der Waals surface area (Å²) in [5.41, 5.74) is 2.78. The predicted octanol–water partition coefficient (Wildman–Crippen LogP) is 2.45. The van der Waals surface area contributed by atoms with Gasteiger partial charge in [0.1, 0.15) is 0 Å². The van der Waals surface area contributed by atoms with Crippen LogP contribution in [0, 0.1) is 11.3 Å². The van der Waals surface area contributed by atoms with E-state index in [0.717, 1.165) is 6.42 Å². The topological polar surface area (TPSA) is 28.7 Å². The smallest absolute Gasteiger partial charge is 0.0625 e. The highest BCUT2D eigenvalue weighted by Crippen LogP contribution is 2.28. The Hall–Kier alpha value is -1.23. The van der Waals surface area contributed by atoms with Gasteiger partial charge in [-0.05, 0) is 31.9 Å². The number of aromatic nitrogens is 1. The normalized spacial score (nSPS) is 19.8. The first-order valence-corrected chi connectivity index (χ1v) is 4.89. The number of nitrogens with zero attached hydrogens (tertiary/aromatic N) is 2. The lowest BCUT2D eigenvalue weighted by Gasteiger charge is -2.10. The van der Waals surface area contributed by atoms with Crippen LogP contribution in [0.3, 0.4) is 0 Å². The second kappa shape index (κ2) is 3.26. The van der Waals surface area contributed by atoms with Gasteiger partial charge in [0.2, 0.25) is 0 Å². The van der Waals surface area contributed by atoms with Crippen LogP contribution in [0.25, 0.3) is 0 Å². The van der Waals surface area contributed by atoms with Crippen LogP contribution in [0.15, 0.2) is 12.1 Å². The molecule has 2 nitrogen and oxygen atoms in total. The molecule has 0 amide bonds. The van der Waals surface area contributed by atoms with E-state index in [9.17, 15) is 0 Å². The monoisotopic (exact) mass is 174 g/mol. The molecular weight excluding hydrogens is 160 g/mol. The van der Waals surface area contributed by atoms with Crippen LogP contribution in [0.2, 0.25) is 0 Å². The van der Waals surface area contributed by atoms with Crippen molar-refractivity contribution < 1.29 is 0 Å². The molecule has 0 bridgehead atoms. The third-order valence-corrected chi connectivity index (χ3v) is 2.84. The van der Waals surface area contributed by atoms with E-state index in [2.05, 4.69) is 29.7 Å². The summed E-state index contributed by atoms with van der Waals surface area (Å²) in [7, 11) is 0. The first-order valence-electron chi connectivity index (χ1n) is 4.89. The van der Waals surface area contributed by atoms with E-state index in [1.54, 1.807) is 0 Å². The van der Waals surface area contributed by atoms with E-state index in [0.29, 0.717) is 12.5 Å². The van der Waals surface area contributed by atoms with E-state index < -0.39 is 0 Å². The zero-order valence-electron chi connectivity index (χ0n) is 7.95. The van der Waals surface area contributed by atoms with Gasteiger partial charge in [-0.15, -0.1) is 0 Å². The molecule has 68 valence electrons. The number of aryl methyl sites for hydroxylation is 2. The van der Waals surface area contributed by atoms with Crippen LogP contribution >= 0.6 is 0 Å². The highest BCUT2D eigenvalue weighted by Gasteiger charge is 2.19. The van der Waals surface area contributed by atoms with Gasteiger partial charge < -0.3 is 4.57 Å². The molecule has 0 spiro atoms. The Morgan fingerprint density at radius 3 is 3.23 bits per heavy atom. The maximum atomic E-state index is 8.52. The minimum absolute atomic E-state index is 0.635. The average Bonchev–Trinajstić information content (AvgIpc) is 2.67. The number of fused-ring (bicyclic) bond motifs is 1. The molecule has 0 aromatic carbocycles. The zero-order valence-corrected chi connectivity index (χ0v) is 7.95. The standard InChI is InChI=1S/C11H14N2/c1-9-4-5-11-7-6-10(13(9)11)3-2-8-12/h6-7,9H,2-5H2,1H3. The number of nitriles is 1. The van der Waals surface area contributed by atoms with Crippen molar-refractivity contribution in [3.8, 4) is 6.07 Å². The molecule has 2 rings (SSSR count). The van der Waals surface area contributed by atoms with Crippen molar-refractivity contribution in [1.82, 2.24) is 4.57 Å². The van der Waals surface area contributed by atoms with E-state index >= 15 is 0 Å². The predicted molar refractivity (Wildman–Crippen MR) is 51.4 cm³/mol. The first-order chi connectivity index (χ1) is 6.33. The molecule has 0 fully saturated rings. The fraction of sp³-hybridized carbons (Fsp3) is 0.545. The van der Waals surface area contributed by atoms with Crippen molar-refractivity contribution >= 4 is 0 Å². The van der Waals surface area contributed by atoms with E-state index in [4.69, 9.17) is 5.26 Å². The molecule has 0 saturated heterocycles. The van der Waals surface area contributed by atoms with Gasteiger partial charge in [-0.25, -0.2) is 0 Å². The summed E-state index contributed by atoms with van der Waals surface area (Å²) in [4.78, 5) is 0. The number of hydrogen-bond donors (Lipinski definition) is 0. The third-order valence-electron chi connectivity index (χ3n) is 2.84. The van der Waals surface area contributed by atoms with Crippen molar-refractivity contribution in [2.45, 2.75) is 38.6 Å². The van der Waals surface area contributed by atoms with Gasteiger partial charge in [-0.2, -0.15) is 5.26 Å². The Morgan fingerprint density at radius 1 is 1.62 bits per heavy atom. The second-order valence-corrected chi connectivity index (χ2v) is 3.73. The van der Waals surface area contributed by atoms with Gasteiger partial charge in [0, 0.05) is 30.3 Å². The molecule has 1 unspecified atom stereocenters. The third kappa shape index (κ3) is 1.35. The number of rotatable bonds is 2. The maximum Gasteiger partial charge on any atom is 0.0625 e. The Kier molecular flexibility index (Phi) is 2.10. The summed E-state index contributed by atoms with van der Waals surface area (Å²) in [5, 5.41) is 8.52. The van der Waals surface area contributed by atoms with Gasteiger partial charge in [0.05, 0.1) is 6.07 Å². The highest BCUT2D eigenvalue weighted by molar-refractivity contribution is 5.21. The van der Waals surface area contributed by atoms with Crippen LogP contribution in [-0.2, 0) is 12.8 Å². The molecule has 1 aromatic rings. The van der Waals surface area contributed by atoms with Crippen LogP contribution in [-0.4, -0.2) is 4.57 Å². The fourth-order valence-electron chi connectivity index (χ4n) is 2.18. The Bertz CT molecular complexity index is 343. The molecule has 1 aromatic heterocycles. The molecule has 1 aliphatic rings. The fourth-order valence-corrected chi connectivity index (χ4v) is 2.18. The molecule has 13 heavy (non-hydrogen) atoms. The van der Waals surface area contributed by atoms with Gasteiger partial charge in [-0.1, -0.05) is 0 Å². The summed E-state index contributed by atoms with van der Waals surface area (Å²) in [6.45, 7) is 2.26. The van der Waals surface area contributed by atoms with Gasteiger partial charge in [0.25, 0.3) is 0 Å². The van der Waals surface area contributed by atoms with Crippen LogP contribution in [0.1, 0.15) is 37.2 Å². The van der Waals surface area contributed by atoms with Crippen molar-refractivity contribution in [1.29, 1.82) is 5.26 Å². The largest absolute Gasteiger partial charge is 0.346 e. The SMILES string of the molecule is CC1CCc2ccc(CCC#N)n21.